The molecule has 1 saturated heterocycles. The zero-order valence-electron chi connectivity index (χ0n) is 19.5. The smallest absolute Gasteiger partial charge is 0.414 e. The molecule has 0 radical (unpaired) electrons. The maximum absolute atomic E-state index is 11.5. The molecule has 3 N–H and O–H groups in total. The molecule has 1 aliphatic heterocycles. The fourth-order valence-electron chi connectivity index (χ4n) is 3.80. The highest BCUT2D eigenvalue weighted by Gasteiger charge is 2.19. The van der Waals surface area contributed by atoms with E-state index < -0.39 is 11.9 Å². The average Bonchev–Trinajstić information content (AvgIpc) is 2.87. The molecule has 0 saturated carbocycles. The van der Waals surface area contributed by atoms with E-state index >= 15 is 0 Å². The number of hydrogen-bond donors (Lipinski definition) is 3. The Balaban J connectivity index is 0.000000509. The molecule has 2 aromatic carbocycles. The first-order valence-electron chi connectivity index (χ1n) is 11.2. The van der Waals surface area contributed by atoms with Crippen LogP contribution < -0.4 is 19.9 Å². The summed E-state index contributed by atoms with van der Waals surface area (Å²) in [6, 6.07) is 17.4. The lowest BCUT2D eigenvalue weighted by atomic mass is 10.2. The van der Waals surface area contributed by atoms with E-state index in [-0.39, 0.29) is 5.56 Å². The number of ether oxygens (including phenoxy) is 2. The maximum Gasteiger partial charge on any atom is 0.414 e. The number of methoxy groups -OCH3 is 1. The molecule has 10 heteroatoms. The number of carboxylic acid groups (broad SMARTS) is 2. The van der Waals surface area contributed by atoms with E-state index in [0.29, 0.717) is 6.61 Å². The number of carboxylic acids is 2. The Bertz CT molecular complexity index is 1190. The van der Waals surface area contributed by atoms with Crippen LogP contribution >= 0.6 is 0 Å². The standard InChI is InChI=1S/C23H27N3O3.C2H2O4/c1-28-22-6-3-2-5-21(22)26-14-12-25(13-15-26)11-4-16-29-19-9-7-18-8-10-23(27)24-20(18)17-19;3-1(4)2(5)6/h2-3,5-10,17H,4,11-16H2,1H3,(H,24,27);(H,3,4)(H,5,6). The second-order valence-corrected chi connectivity index (χ2v) is 7.88. The third kappa shape index (κ3) is 7.47. The van der Waals surface area contributed by atoms with Gasteiger partial charge in [0, 0.05) is 44.9 Å². The highest BCUT2D eigenvalue weighted by atomic mass is 16.5. The summed E-state index contributed by atoms with van der Waals surface area (Å²) in [6.45, 7) is 5.75. The third-order valence-electron chi connectivity index (χ3n) is 5.57. The second kappa shape index (κ2) is 12.4. The average molecular weight is 484 g/mol. The van der Waals surface area contributed by atoms with E-state index in [0.717, 1.165) is 61.5 Å². The van der Waals surface area contributed by atoms with Crippen molar-refractivity contribution in [2.75, 3.05) is 51.3 Å². The number of hydrogen-bond acceptors (Lipinski definition) is 7. The Morgan fingerprint density at radius 3 is 2.34 bits per heavy atom. The van der Waals surface area contributed by atoms with Gasteiger partial charge in [-0.25, -0.2) is 9.59 Å². The molecule has 1 fully saturated rings. The van der Waals surface area contributed by atoms with Crippen molar-refractivity contribution in [2.24, 2.45) is 0 Å². The number of aromatic nitrogens is 1. The molecule has 0 bridgehead atoms. The SMILES string of the molecule is COc1ccccc1N1CCN(CCCOc2ccc3ccc(=O)[nH]c3c2)CC1.O=C(O)C(=O)O. The summed E-state index contributed by atoms with van der Waals surface area (Å²) in [7, 11) is 1.72. The van der Waals surface area contributed by atoms with Gasteiger partial charge in [-0.2, -0.15) is 0 Å². The van der Waals surface area contributed by atoms with Gasteiger partial charge in [0.1, 0.15) is 11.5 Å². The monoisotopic (exact) mass is 483 g/mol. The van der Waals surface area contributed by atoms with Crippen molar-refractivity contribution in [3.05, 3.63) is 65.0 Å². The number of nitrogens with one attached hydrogen (secondary N) is 1. The van der Waals surface area contributed by atoms with Crippen LogP contribution in [0.3, 0.4) is 0 Å². The van der Waals surface area contributed by atoms with E-state index in [1.807, 2.05) is 36.4 Å². The van der Waals surface area contributed by atoms with Crippen molar-refractivity contribution in [3.8, 4) is 11.5 Å². The van der Waals surface area contributed by atoms with Crippen LogP contribution in [0.2, 0.25) is 0 Å². The van der Waals surface area contributed by atoms with Crippen molar-refractivity contribution in [1.29, 1.82) is 0 Å². The van der Waals surface area contributed by atoms with Crippen molar-refractivity contribution < 1.29 is 29.3 Å². The van der Waals surface area contributed by atoms with Gasteiger partial charge in [-0.05, 0) is 42.1 Å². The highest BCUT2D eigenvalue weighted by molar-refractivity contribution is 6.27. The predicted molar refractivity (Wildman–Crippen MR) is 132 cm³/mol. The summed E-state index contributed by atoms with van der Waals surface area (Å²) < 4.78 is 11.4. The van der Waals surface area contributed by atoms with Crippen LogP contribution in [0, 0.1) is 0 Å². The van der Waals surface area contributed by atoms with Gasteiger partial charge in [0.2, 0.25) is 5.56 Å². The summed E-state index contributed by atoms with van der Waals surface area (Å²) in [5.41, 5.74) is 1.89. The number of piperazine rings is 1. The van der Waals surface area contributed by atoms with Crippen LogP contribution in [0.1, 0.15) is 6.42 Å². The summed E-state index contributed by atoms with van der Waals surface area (Å²) >= 11 is 0. The van der Waals surface area contributed by atoms with Gasteiger partial charge in [-0.3, -0.25) is 9.69 Å². The first kappa shape index (κ1) is 25.6. The van der Waals surface area contributed by atoms with E-state index in [1.54, 1.807) is 7.11 Å². The molecule has 10 nitrogen and oxygen atoms in total. The molecule has 0 atom stereocenters. The van der Waals surface area contributed by atoms with E-state index in [2.05, 4.69) is 26.9 Å². The van der Waals surface area contributed by atoms with E-state index in [4.69, 9.17) is 29.3 Å². The largest absolute Gasteiger partial charge is 0.495 e. The molecule has 4 rings (SSSR count). The minimum absolute atomic E-state index is 0.0954. The van der Waals surface area contributed by atoms with Gasteiger partial charge in [0.25, 0.3) is 0 Å². The van der Waals surface area contributed by atoms with Crippen molar-refractivity contribution in [3.63, 3.8) is 0 Å². The lowest BCUT2D eigenvalue weighted by Gasteiger charge is -2.36. The molecule has 0 amide bonds. The zero-order valence-corrected chi connectivity index (χ0v) is 19.5. The number of rotatable bonds is 7. The fraction of sp³-hybridized carbons (Fsp3) is 0.320. The van der Waals surface area contributed by atoms with Crippen LogP contribution in [-0.4, -0.2) is 78.5 Å². The molecule has 1 aliphatic rings. The Labute approximate surface area is 202 Å². The number of anilines is 1. The molecule has 2 heterocycles. The van der Waals surface area contributed by atoms with E-state index in [1.165, 1.54) is 11.8 Å². The van der Waals surface area contributed by atoms with Crippen LogP contribution in [-0.2, 0) is 9.59 Å². The Morgan fingerprint density at radius 1 is 0.971 bits per heavy atom. The molecule has 186 valence electrons. The van der Waals surface area contributed by atoms with Crippen molar-refractivity contribution in [1.82, 2.24) is 9.88 Å². The number of para-hydroxylation sites is 2. The van der Waals surface area contributed by atoms with Crippen molar-refractivity contribution >= 4 is 28.5 Å². The summed E-state index contributed by atoms with van der Waals surface area (Å²) in [4.78, 5) is 37.4. The van der Waals surface area contributed by atoms with Gasteiger partial charge < -0.3 is 29.6 Å². The fourth-order valence-corrected chi connectivity index (χ4v) is 3.80. The van der Waals surface area contributed by atoms with Gasteiger partial charge in [-0.15, -0.1) is 0 Å². The lowest BCUT2D eigenvalue weighted by molar-refractivity contribution is -0.159. The number of nitrogens with zero attached hydrogens (tertiary/aromatic N) is 2. The Hall–Kier alpha value is -4.05. The van der Waals surface area contributed by atoms with Gasteiger partial charge in [0.05, 0.1) is 24.9 Å². The Kier molecular flexibility index (Phi) is 9.08. The summed E-state index contributed by atoms with van der Waals surface area (Å²) in [6.07, 6.45) is 0.970. The Morgan fingerprint density at radius 2 is 1.66 bits per heavy atom. The number of H-pyrrole nitrogens is 1. The van der Waals surface area contributed by atoms with Crippen LogP contribution in [0.25, 0.3) is 10.9 Å². The lowest BCUT2D eigenvalue weighted by Crippen LogP contribution is -2.46. The number of benzene rings is 2. The second-order valence-electron chi connectivity index (χ2n) is 7.88. The van der Waals surface area contributed by atoms with Crippen LogP contribution in [0.15, 0.2) is 59.4 Å². The first-order chi connectivity index (χ1) is 16.9. The molecule has 1 aromatic heterocycles. The van der Waals surface area contributed by atoms with Crippen molar-refractivity contribution in [2.45, 2.75) is 6.42 Å². The minimum atomic E-state index is -1.82. The third-order valence-corrected chi connectivity index (χ3v) is 5.57. The summed E-state index contributed by atoms with van der Waals surface area (Å²) in [5, 5.41) is 15.8. The van der Waals surface area contributed by atoms with Gasteiger partial charge in [0.15, 0.2) is 0 Å². The number of aromatic amines is 1. The summed E-state index contributed by atoms with van der Waals surface area (Å²) in [5.74, 6) is -1.92. The molecule has 35 heavy (non-hydrogen) atoms. The molecule has 3 aromatic rings. The number of pyridine rings is 1. The van der Waals surface area contributed by atoms with E-state index in [9.17, 15) is 4.79 Å². The van der Waals surface area contributed by atoms with Gasteiger partial charge >= 0.3 is 11.9 Å². The minimum Gasteiger partial charge on any atom is -0.495 e. The number of carbonyl (C=O) groups is 2. The molecule has 0 aliphatic carbocycles. The molecule has 0 unspecified atom stereocenters. The molecular formula is C25H29N3O7. The molecule has 0 spiro atoms. The zero-order chi connectivity index (χ0) is 25.2. The normalized spacial score (nSPS) is 13.6. The van der Waals surface area contributed by atoms with Gasteiger partial charge in [-0.1, -0.05) is 12.1 Å². The quantitative estimate of drug-likeness (QED) is 0.342. The highest BCUT2D eigenvalue weighted by Crippen LogP contribution is 2.28. The maximum atomic E-state index is 11.5. The number of aliphatic carboxylic acids is 2. The predicted octanol–water partition coefficient (Wildman–Crippen LogP) is 2.28. The molecular weight excluding hydrogens is 454 g/mol. The van der Waals surface area contributed by atoms with Crippen LogP contribution in [0.5, 0.6) is 11.5 Å². The number of fused-ring (bicyclic) bond motifs is 1. The van der Waals surface area contributed by atoms with Crippen LogP contribution in [0.4, 0.5) is 5.69 Å². The first-order valence-corrected chi connectivity index (χ1v) is 11.2. The topological polar surface area (TPSA) is 132 Å².